The van der Waals surface area contributed by atoms with E-state index in [1.54, 1.807) is 39.8 Å². The Labute approximate surface area is 191 Å². The highest BCUT2D eigenvalue weighted by molar-refractivity contribution is 7.07. The van der Waals surface area contributed by atoms with Crippen LogP contribution in [0.3, 0.4) is 0 Å². The van der Waals surface area contributed by atoms with Crippen LogP contribution < -0.4 is 19.0 Å². The number of nitrogens with zero attached hydrogens (tertiary/aromatic N) is 3. The summed E-state index contributed by atoms with van der Waals surface area (Å²) < 4.78 is 23.7. The van der Waals surface area contributed by atoms with E-state index in [2.05, 4.69) is 29.6 Å². The van der Waals surface area contributed by atoms with E-state index in [0.29, 0.717) is 30.4 Å². The van der Waals surface area contributed by atoms with E-state index in [-0.39, 0.29) is 0 Å². The van der Waals surface area contributed by atoms with Crippen molar-refractivity contribution < 1.29 is 18.9 Å². The van der Waals surface area contributed by atoms with Gasteiger partial charge in [-0.3, -0.25) is 4.99 Å². The lowest BCUT2D eigenvalue weighted by Gasteiger charge is -2.14. The summed E-state index contributed by atoms with van der Waals surface area (Å²) in [6.45, 7) is 1.12. The molecule has 0 radical (unpaired) electrons. The zero-order chi connectivity index (χ0) is 22.5. The molecule has 0 saturated carbocycles. The first kappa shape index (κ1) is 22.1. The van der Waals surface area contributed by atoms with E-state index in [1.807, 2.05) is 16.8 Å². The van der Waals surface area contributed by atoms with Crippen molar-refractivity contribution in [2.45, 2.75) is 12.8 Å². The summed E-state index contributed by atoms with van der Waals surface area (Å²) in [7, 11) is 6.50. The van der Waals surface area contributed by atoms with E-state index in [4.69, 9.17) is 29.0 Å². The first-order chi connectivity index (χ1) is 15.7. The van der Waals surface area contributed by atoms with E-state index in [1.165, 1.54) is 11.1 Å². The molecule has 0 bridgehead atoms. The van der Waals surface area contributed by atoms with Crippen LogP contribution in [0.4, 0.5) is 0 Å². The summed E-state index contributed by atoms with van der Waals surface area (Å²) in [5.74, 6) is 1.74. The fraction of sp³-hybridized carbons (Fsp3) is 0.333. The molecule has 1 heterocycles. The topological polar surface area (TPSA) is 66.6 Å². The van der Waals surface area contributed by atoms with Crippen LogP contribution >= 0.6 is 11.3 Å². The van der Waals surface area contributed by atoms with E-state index in [0.717, 1.165) is 34.6 Å². The van der Waals surface area contributed by atoms with Crippen molar-refractivity contribution in [1.29, 1.82) is 0 Å². The van der Waals surface area contributed by atoms with Crippen molar-refractivity contribution in [3.05, 3.63) is 57.7 Å². The van der Waals surface area contributed by atoms with Crippen LogP contribution in [0.5, 0.6) is 17.2 Å². The Balaban J connectivity index is 1.88. The van der Waals surface area contributed by atoms with Gasteiger partial charge in [-0.1, -0.05) is 24.3 Å². The highest BCUT2D eigenvalue weighted by atomic mass is 32.1. The van der Waals surface area contributed by atoms with Gasteiger partial charge in [0.15, 0.2) is 11.5 Å². The SMILES string of the molecule is COCCN=c1scc(-c2cc(OC)c(OC)c(OC)c2)n1N=C1CCc2ccccc21. The van der Waals surface area contributed by atoms with Gasteiger partial charge in [0.25, 0.3) is 0 Å². The van der Waals surface area contributed by atoms with Gasteiger partial charge >= 0.3 is 0 Å². The largest absolute Gasteiger partial charge is 0.493 e. The van der Waals surface area contributed by atoms with Gasteiger partial charge in [0.1, 0.15) is 0 Å². The van der Waals surface area contributed by atoms with Gasteiger partial charge in [0, 0.05) is 23.6 Å². The lowest BCUT2D eigenvalue weighted by molar-refractivity contribution is 0.207. The van der Waals surface area contributed by atoms with Crippen molar-refractivity contribution in [2.75, 3.05) is 41.6 Å². The second-order valence-electron chi connectivity index (χ2n) is 7.21. The number of aryl methyl sites for hydroxylation is 1. The number of methoxy groups -OCH3 is 4. The van der Waals surface area contributed by atoms with Crippen LogP contribution in [0.1, 0.15) is 17.5 Å². The summed E-state index contributed by atoms with van der Waals surface area (Å²) >= 11 is 1.54. The molecule has 0 atom stereocenters. The number of rotatable bonds is 8. The molecular formula is C24H27N3O4S. The van der Waals surface area contributed by atoms with Crippen LogP contribution in [-0.4, -0.2) is 52.0 Å². The standard InChI is InChI=1S/C24H27N3O4S/c1-28-12-11-25-24-27(26-19-10-9-16-7-5-6-8-18(16)19)20(15-32-24)17-13-21(29-2)23(31-4)22(14-17)30-3/h5-8,13-15H,9-12H2,1-4H3. The number of aromatic nitrogens is 1. The third kappa shape index (κ3) is 4.28. The fourth-order valence-electron chi connectivity index (χ4n) is 3.80. The summed E-state index contributed by atoms with van der Waals surface area (Å²) in [6, 6.07) is 12.3. The highest BCUT2D eigenvalue weighted by Gasteiger charge is 2.20. The number of thiazole rings is 1. The molecule has 8 heteroatoms. The first-order valence-electron chi connectivity index (χ1n) is 10.4. The average molecular weight is 454 g/mol. The minimum absolute atomic E-state index is 0.552. The average Bonchev–Trinajstić information content (AvgIpc) is 3.43. The fourth-order valence-corrected chi connectivity index (χ4v) is 4.65. The Bertz CT molecular complexity index is 1170. The molecule has 1 aliphatic carbocycles. The second-order valence-corrected chi connectivity index (χ2v) is 8.04. The first-order valence-corrected chi connectivity index (χ1v) is 11.2. The van der Waals surface area contributed by atoms with Crippen LogP contribution in [-0.2, 0) is 11.2 Å². The zero-order valence-electron chi connectivity index (χ0n) is 18.8. The maximum absolute atomic E-state index is 5.56. The Morgan fingerprint density at radius 1 is 0.969 bits per heavy atom. The number of hydrogen-bond acceptors (Lipinski definition) is 7. The number of hydrogen-bond donors (Lipinski definition) is 0. The predicted molar refractivity (Wildman–Crippen MR) is 126 cm³/mol. The highest BCUT2D eigenvalue weighted by Crippen LogP contribution is 2.41. The molecule has 168 valence electrons. The summed E-state index contributed by atoms with van der Waals surface area (Å²) in [5.41, 5.74) is 5.39. The second kappa shape index (κ2) is 10.0. The van der Waals surface area contributed by atoms with Gasteiger partial charge in [-0.05, 0) is 30.5 Å². The third-order valence-electron chi connectivity index (χ3n) is 5.37. The molecule has 0 spiro atoms. The van der Waals surface area contributed by atoms with E-state index in [9.17, 15) is 0 Å². The third-order valence-corrected chi connectivity index (χ3v) is 6.22. The minimum atomic E-state index is 0.552. The maximum atomic E-state index is 5.56. The number of ether oxygens (including phenoxy) is 4. The number of fused-ring (bicyclic) bond motifs is 1. The molecule has 0 unspecified atom stereocenters. The van der Waals surface area contributed by atoms with Gasteiger partial charge in [0.2, 0.25) is 10.6 Å². The van der Waals surface area contributed by atoms with Gasteiger partial charge in [-0.15, -0.1) is 11.3 Å². The van der Waals surface area contributed by atoms with Gasteiger partial charge in [-0.25, -0.2) is 4.68 Å². The molecule has 0 fully saturated rings. The zero-order valence-corrected chi connectivity index (χ0v) is 19.6. The minimum Gasteiger partial charge on any atom is -0.493 e. The maximum Gasteiger partial charge on any atom is 0.206 e. The Morgan fingerprint density at radius 3 is 2.41 bits per heavy atom. The van der Waals surface area contributed by atoms with Crippen LogP contribution in [0.2, 0.25) is 0 Å². The molecule has 1 aliphatic rings. The molecule has 4 rings (SSSR count). The van der Waals surface area contributed by atoms with E-state index >= 15 is 0 Å². The summed E-state index contributed by atoms with van der Waals surface area (Å²) in [4.78, 5) is 5.53. The van der Waals surface area contributed by atoms with E-state index < -0.39 is 0 Å². The van der Waals surface area contributed by atoms with Crippen LogP contribution in [0, 0.1) is 0 Å². The van der Waals surface area contributed by atoms with Gasteiger partial charge < -0.3 is 18.9 Å². The van der Waals surface area contributed by atoms with Crippen molar-refractivity contribution in [2.24, 2.45) is 10.1 Å². The Hall–Kier alpha value is -3.10. The van der Waals surface area contributed by atoms with Crippen molar-refractivity contribution >= 4 is 17.0 Å². The van der Waals surface area contributed by atoms with Crippen molar-refractivity contribution in [3.8, 4) is 28.5 Å². The molecule has 3 aromatic rings. The normalized spacial score (nSPS) is 14.6. The smallest absolute Gasteiger partial charge is 0.206 e. The number of benzene rings is 2. The lowest BCUT2D eigenvalue weighted by Crippen LogP contribution is -2.15. The molecule has 1 aromatic heterocycles. The molecular weight excluding hydrogens is 426 g/mol. The van der Waals surface area contributed by atoms with Crippen LogP contribution in [0.25, 0.3) is 11.3 Å². The molecule has 0 aliphatic heterocycles. The quantitative estimate of drug-likeness (QED) is 0.484. The summed E-state index contributed by atoms with van der Waals surface area (Å²) in [6.07, 6.45) is 1.89. The predicted octanol–water partition coefficient (Wildman–Crippen LogP) is 3.99. The molecule has 32 heavy (non-hydrogen) atoms. The lowest BCUT2D eigenvalue weighted by atomic mass is 10.1. The Morgan fingerprint density at radius 2 is 1.72 bits per heavy atom. The molecule has 0 amide bonds. The molecule has 0 N–H and O–H groups in total. The van der Waals surface area contributed by atoms with Gasteiger partial charge in [-0.2, -0.15) is 5.10 Å². The molecule has 0 saturated heterocycles. The van der Waals surface area contributed by atoms with Crippen molar-refractivity contribution in [1.82, 2.24) is 4.68 Å². The monoisotopic (exact) mass is 453 g/mol. The van der Waals surface area contributed by atoms with Crippen LogP contribution in [0.15, 0.2) is 51.9 Å². The van der Waals surface area contributed by atoms with Crippen molar-refractivity contribution in [3.63, 3.8) is 0 Å². The molecule has 7 nitrogen and oxygen atoms in total. The molecule has 2 aromatic carbocycles. The summed E-state index contributed by atoms with van der Waals surface area (Å²) in [5, 5.41) is 7.12. The Kier molecular flexibility index (Phi) is 6.92. The van der Waals surface area contributed by atoms with Gasteiger partial charge in [0.05, 0.1) is 45.9 Å².